The number of aliphatic hydroxyl groups excluding tert-OH is 1. The van der Waals surface area contributed by atoms with Gasteiger partial charge in [0.2, 0.25) is 0 Å². The molecule has 0 unspecified atom stereocenters. The Labute approximate surface area is 138 Å². The number of amides is 1. The van der Waals surface area contributed by atoms with Crippen LogP contribution in [0.4, 0.5) is 0 Å². The van der Waals surface area contributed by atoms with E-state index < -0.39 is 0 Å². The van der Waals surface area contributed by atoms with Crippen molar-refractivity contribution in [2.24, 2.45) is 0 Å². The molecular weight excluding hydrogens is 318 g/mol. The lowest BCUT2D eigenvalue weighted by Crippen LogP contribution is -2.30. The van der Waals surface area contributed by atoms with E-state index in [1.807, 2.05) is 48.0 Å². The molecule has 2 rings (SSSR count). The highest BCUT2D eigenvalue weighted by atomic mass is 32.2. The molecule has 0 aliphatic carbocycles. The fraction of sp³-hybridized carbons (Fsp3) is 0.312. The monoisotopic (exact) mass is 337 g/mol. The predicted octanol–water partition coefficient (Wildman–Crippen LogP) is 2.95. The van der Waals surface area contributed by atoms with Crippen molar-refractivity contribution in [3.05, 3.63) is 52.2 Å². The number of thiophene rings is 1. The Morgan fingerprint density at radius 2 is 2.18 bits per heavy atom. The molecular formula is C16H19NO3S2. The molecule has 1 atom stereocenters. The Bertz CT molecular complexity index is 587. The van der Waals surface area contributed by atoms with E-state index in [2.05, 4.69) is 5.32 Å². The van der Waals surface area contributed by atoms with Crippen LogP contribution in [0.1, 0.15) is 21.3 Å². The zero-order chi connectivity index (χ0) is 15.8. The summed E-state index contributed by atoms with van der Waals surface area (Å²) in [5.74, 6) is -0.112. The van der Waals surface area contributed by atoms with E-state index in [9.17, 15) is 4.79 Å². The van der Waals surface area contributed by atoms with Crippen LogP contribution in [-0.4, -0.2) is 37.0 Å². The van der Waals surface area contributed by atoms with Crippen molar-refractivity contribution in [2.45, 2.75) is 11.0 Å². The molecule has 22 heavy (non-hydrogen) atoms. The highest BCUT2D eigenvalue weighted by Crippen LogP contribution is 2.23. The molecule has 2 N–H and O–H groups in total. The summed E-state index contributed by atoms with van der Waals surface area (Å²) in [6.45, 7) is 0.590. The van der Waals surface area contributed by atoms with Gasteiger partial charge in [0.25, 0.3) is 5.91 Å². The standard InChI is InChI=1S/C16H19NO3S2/c1-21-14-6-3-2-5-12(14)16(19)17-11-13(20-9-8-18)15-7-4-10-22-15/h2-7,10,13,18H,8-9,11H2,1H3,(H,17,19)/t13-/m0/s1. The summed E-state index contributed by atoms with van der Waals surface area (Å²) in [6, 6.07) is 11.4. The molecule has 4 nitrogen and oxygen atoms in total. The van der Waals surface area contributed by atoms with Crippen molar-refractivity contribution in [3.63, 3.8) is 0 Å². The topological polar surface area (TPSA) is 58.6 Å². The van der Waals surface area contributed by atoms with Gasteiger partial charge in [-0.2, -0.15) is 0 Å². The minimum atomic E-state index is -0.238. The van der Waals surface area contributed by atoms with E-state index in [1.54, 1.807) is 23.1 Å². The maximum Gasteiger partial charge on any atom is 0.252 e. The second-order valence-corrected chi connectivity index (χ2v) is 6.34. The van der Waals surface area contributed by atoms with E-state index in [-0.39, 0.29) is 25.2 Å². The Balaban J connectivity index is 2.01. The third-order valence-electron chi connectivity index (χ3n) is 3.07. The second kappa shape index (κ2) is 8.95. The molecule has 0 aliphatic rings. The van der Waals surface area contributed by atoms with Crippen LogP contribution in [0.5, 0.6) is 0 Å². The van der Waals surface area contributed by atoms with Crippen LogP contribution in [0.3, 0.4) is 0 Å². The minimum absolute atomic E-state index is 0.0366. The first-order valence-corrected chi connectivity index (χ1v) is 9.03. The van der Waals surface area contributed by atoms with E-state index in [0.29, 0.717) is 12.1 Å². The number of thioether (sulfide) groups is 1. The van der Waals surface area contributed by atoms with Crippen LogP contribution in [0, 0.1) is 0 Å². The van der Waals surface area contributed by atoms with Crippen LogP contribution < -0.4 is 5.32 Å². The Hall–Kier alpha value is -1.34. The third-order valence-corrected chi connectivity index (χ3v) is 4.83. The first-order chi connectivity index (χ1) is 10.8. The largest absolute Gasteiger partial charge is 0.394 e. The van der Waals surface area contributed by atoms with Gasteiger partial charge in [-0.3, -0.25) is 4.79 Å². The van der Waals surface area contributed by atoms with Crippen LogP contribution in [-0.2, 0) is 4.74 Å². The number of benzene rings is 1. The lowest BCUT2D eigenvalue weighted by atomic mass is 10.2. The van der Waals surface area contributed by atoms with Gasteiger partial charge in [0.1, 0.15) is 6.10 Å². The van der Waals surface area contributed by atoms with Crippen molar-refractivity contribution < 1.29 is 14.6 Å². The summed E-state index contributed by atoms with van der Waals surface area (Å²) in [7, 11) is 0. The SMILES string of the molecule is CSc1ccccc1C(=O)NC[C@H](OCCO)c1cccs1. The molecule has 0 radical (unpaired) electrons. The van der Waals surface area contributed by atoms with Gasteiger partial charge in [0, 0.05) is 16.3 Å². The van der Waals surface area contributed by atoms with Crippen LogP contribution in [0.15, 0.2) is 46.7 Å². The van der Waals surface area contributed by atoms with Crippen LogP contribution in [0.2, 0.25) is 0 Å². The molecule has 2 aromatic rings. The van der Waals surface area contributed by atoms with Crippen LogP contribution in [0.25, 0.3) is 0 Å². The Morgan fingerprint density at radius 3 is 2.86 bits per heavy atom. The number of rotatable bonds is 8. The van der Waals surface area contributed by atoms with Gasteiger partial charge in [-0.1, -0.05) is 18.2 Å². The molecule has 0 bridgehead atoms. The summed E-state index contributed by atoms with van der Waals surface area (Å²) >= 11 is 3.12. The summed E-state index contributed by atoms with van der Waals surface area (Å²) in [5, 5.41) is 13.8. The quantitative estimate of drug-likeness (QED) is 0.727. The molecule has 118 valence electrons. The van der Waals surface area contributed by atoms with Gasteiger partial charge in [0.15, 0.2) is 0 Å². The molecule has 0 aliphatic heterocycles. The van der Waals surface area contributed by atoms with E-state index in [4.69, 9.17) is 9.84 Å². The minimum Gasteiger partial charge on any atom is -0.394 e. The molecule has 6 heteroatoms. The Morgan fingerprint density at radius 1 is 1.36 bits per heavy atom. The number of carbonyl (C=O) groups is 1. The third kappa shape index (κ3) is 4.58. The Kier molecular flexibility index (Phi) is 6.92. The number of carbonyl (C=O) groups excluding carboxylic acids is 1. The molecule has 1 amide bonds. The second-order valence-electron chi connectivity index (χ2n) is 4.51. The summed E-state index contributed by atoms with van der Waals surface area (Å²) in [6.07, 6.45) is 1.71. The zero-order valence-electron chi connectivity index (χ0n) is 12.3. The molecule has 0 saturated carbocycles. The number of hydrogen-bond donors (Lipinski definition) is 2. The summed E-state index contributed by atoms with van der Waals surface area (Å²) < 4.78 is 5.62. The van der Waals surface area contributed by atoms with Crippen molar-refractivity contribution in [2.75, 3.05) is 26.0 Å². The average molecular weight is 337 g/mol. The van der Waals surface area contributed by atoms with Crippen molar-refractivity contribution in [3.8, 4) is 0 Å². The lowest BCUT2D eigenvalue weighted by molar-refractivity contribution is 0.0295. The molecule has 1 aromatic heterocycles. The van der Waals surface area contributed by atoms with Gasteiger partial charge >= 0.3 is 0 Å². The lowest BCUT2D eigenvalue weighted by Gasteiger charge is -2.17. The number of nitrogens with one attached hydrogen (secondary N) is 1. The number of aliphatic hydroxyl groups is 1. The van der Waals surface area contributed by atoms with Gasteiger partial charge in [-0.05, 0) is 29.8 Å². The molecule has 0 spiro atoms. The van der Waals surface area contributed by atoms with Gasteiger partial charge in [-0.15, -0.1) is 23.1 Å². The molecule has 0 saturated heterocycles. The van der Waals surface area contributed by atoms with Crippen molar-refractivity contribution >= 4 is 29.0 Å². The van der Waals surface area contributed by atoms with Gasteiger partial charge in [-0.25, -0.2) is 0 Å². The van der Waals surface area contributed by atoms with E-state index >= 15 is 0 Å². The normalized spacial score (nSPS) is 12.1. The van der Waals surface area contributed by atoms with Gasteiger partial charge in [0.05, 0.1) is 18.8 Å². The smallest absolute Gasteiger partial charge is 0.252 e. The van der Waals surface area contributed by atoms with E-state index in [1.165, 1.54) is 0 Å². The first kappa shape index (κ1) is 17.0. The first-order valence-electron chi connectivity index (χ1n) is 6.93. The maximum atomic E-state index is 12.3. The fourth-order valence-corrected chi connectivity index (χ4v) is 3.39. The average Bonchev–Trinajstić information content (AvgIpc) is 3.09. The van der Waals surface area contributed by atoms with Crippen molar-refractivity contribution in [1.82, 2.24) is 5.32 Å². The fourth-order valence-electron chi connectivity index (χ4n) is 2.02. The zero-order valence-corrected chi connectivity index (χ0v) is 14.0. The number of hydrogen-bond acceptors (Lipinski definition) is 5. The predicted molar refractivity (Wildman–Crippen MR) is 90.7 cm³/mol. The van der Waals surface area contributed by atoms with Crippen molar-refractivity contribution in [1.29, 1.82) is 0 Å². The molecule has 1 heterocycles. The summed E-state index contributed by atoms with van der Waals surface area (Å²) in [4.78, 5) is 14.3. The summed E-state index contributed by atoms with van der Waals surface area (Å²) in [5.41, 5.74) is 0.669. The highest BCUT2D eigenvalue weighted by molar-refractivity contribution is 7.98. The molecule has 0 fully saturated rings. The molecule has 1 aromatic carbocycles. The van der Waals surface area contributed by atoms with Gasteiger partial charge < -0.3 is 15.2 Å². The van der Waals surface area contributed by atoms with Crippen LogP contribution >= 0.6 is 23.1 Å². The number of ether oxygens (including phenoxy) is 1. The maximum absolute atomic E-state index is 12.3. The highest BCUT2D eigenvalue weighted by Gasteiger charge is 2.16. The van der Waals surface area contributed by atoms with E-state index in [0.717, 1.165) is 9.77 Å².